The van der Waals surface area contributed by atoms with E-state index in [9.17, 15) is 18.0 Å². The van der Waals surface area contributed by atoms with Crippen LogP contribution in [0.2, 0.25) is 0 Å². The molecule has 3 aliphatic rings. The molecule has 2 heterocycles. The zero-order valence-corrected chi connectivity index (χ0v) is 24.1. The van der Waals surface area contributed by atoms with Crippen molar-refractivity contribution in [2.45, 2.75) is 44.8 Å². The fraction of sp³-hybridized carbons (Fsp3) is 0.452. The van der Waals surface area contributed by atoms with E-state index < -0.39 is 12.3 Å². The van der Waals surface area contributed by atoms with Gasteiger partial charge in [0, 0.05) is 43.9 Å². The van der Waals surface area contributed by atoms with Crippen LogP contribution in [0.5, 0.6) is 11.5 Å². The normalized spacial score (nSPS) is 19.9. The molecule has 2 fully saturated rings. The van der Waals surface area contributed by atoms with Crippen LogP contribution in [-0.4, -0.2) is 77.7 Å². The number of fused-ring (bicyclic) bond motifs is 3. The van der Waals surface area contributed by atoms with Crippen molar-refractivity contribution in [3.8, 4) is 22.8 Å². The maximum atomic E-state index is 12.4. The summed E-state index contributed by atoms with van der Waals surface area (Å²) in [6, 6.07) is 11.4. The number of carboxylic acid groups (broad SMARTS) is 1. The first-order valence-corrected chi connectivity index (χ1v) is 14.7. The molecule has 0 spiro atoms. The maximum absolute atomic E-state index is 12.4. The van der Waals surface area contributed by atoms with Crippen molar-refractivity contribution in [3.63, 3.8) is 0 Å². The molecule has 0 bridgehead atoms. The van der Waals surface area contributed by atoms with Gasteiger partial charge < -0.3 is 30.0 Å². The van der Waals surface area contributed by atoms with Crippen LogP contribution in [0, 0.1) is 5.92 Å². The van der Waals surface area contributed by atoms with Gasteiger partial charge in [-0.2, -0.15) is 4.98 Å². The molecule has 1 aromatic heterocycles. The minimum Gasteiger partial charge on any atom is -0.489 e. The minimum absolute atomic E-state index is 0.0564. The van der Waals surface area contributed by atoms with Gasteiger partial charge in [-0.05, 0) is 67.1 Å². The second-order valence-electron chi connectivity index (χ2n) is 11.4. The lowest BCUT2D eigenvalue weighted by Crippen LogP contribution is -2.48. The summed E-state index contributed by atoms with van der Waals surface area (Å²) in [5.41, 5.74) is 10.9. The van der Waals surface area contributed by atoms with E-state index in [4.69, 9.17) is 20.3 Å². The number of rotatable bonds is 10. The molecule has 0 atom stereocenters. The Kier molecular flexibility index (Phi) is 8.50. The van der Waals surface area contributed by atoms with Gasteiger partial charge in [-0.3, -0.25) is 9.69 Å². The fourth-order valence-electron chi connectivity index (χ4n) is 5.95. The lowest BCUT2D eigenvalue weighted by Gasteiger charge is -2.38. The molecule has 1 aliphatic heterocycles. The number of alkyl halides is 3. The van der Waals surface area contributed by atoms with Gasteiger partial charge in [0.2, 0.25) is 5.95 Å². The lowest BCUT2D eigenvalue weighted by atomic mass is 9.82. The first-order valence-electron chi connectivity index (χ1n) is 14.7. The molecule has 2 aromatic carbocycles. The molecule has 13 heteroatoms. The number of carboxylic acids is 1. The van der Waals surface area contributed by atoms with E-state index in [1.807, 2.05) is 18.2 Å². The molecule has 1 saturated heterocycles. The van der Waals surface area contributed by atoms with Crippen molar-refractivity contribution in [2.24, 2.45) is 5.92 Å². The number of ether oxygens (including phenoxy) is 3. The monoisotopic (exact) mass is 613 g/mol. The molecule has 1 saturated carbocycles. The van der Waals surface area contributed by atoms with Crippen LogP contribution in [0.3, 0.4) is 0 Å². The zero-order chi connectivity index (χ0) is 30.8. The number of benzene rings is 2. The van der Waals surface area contributed by atoms with Gasteiger partial charge >= 0.3 is 12.3 Å². The highest BCUT2D eigenvalue weighted by molar-refractivity contribution is 5.76. The van der Waals surface area contributed by atoms with Gasteiger partial charge in [0.15, 0.2) is 0 Å². The van der Waals surface area contributed by atoms with E-state index in [2.05, 4.69) is 24.5 Å². The summed E-state index contributed by atoms with van der Waals surface area (Å²) in [4.78, 5) is 24.8. The van der Waals surface area contributed by atoms with Crippen LogP contribution in [0.1, 0.15) is 29.5 Å². The van der Waals surface area contributed by atoms with Gasteiger partial charge in [0.1, 0.15) is 23.9 Å². The third kappa shape index (κ3) is 6.99. The Morgan fingerprint density at radius 3 is 2.43 bits per heavy atom. The molecule has 3 aromatic rings. The number of hydrogen-bond donors (Lipinski definition) is 2. The average Bonchev–Trinajstić information content (AvgIpc) is 2.96. The second-order valence-corrected chi connectivity index (χ2v) is 11.4. The van der Waals surface area contributed by atoms with E-state index in [1.165, 1.54) is 24.3 Å². The number of nitrogens with zero attached hydrogens (tertiary/aromatic N) is 4. The number of piperazine rings is 1. The molecule has 0 radical (unpaired) electrons. The Morgan fingerprint density at radius 2 is 1.73 bits per heavy atom. The van der Waals surface area contributed by atoms with Crippen molar-refractivity contribution in [1.29, 1.82) is 0 Å². The standard InChI is InChI=1S/C31H34F3N5O5/c32-31(33,34)44-22-4-1-19(2-5-22)18-43-23-6-8-25-20(15-23)3-7-26-27(25)36-30(35)37-28(26)39-11-9-38(10-12-39)13-14-42-24-16-21(17-24)29(40)41/h1-2,4-6,8,15,21,24H,3,7,9-14,16-18H2,(H,40,41)(H2,35,36,37)/t21-,24+. The topological polar surface area (TPSA) is 123 Å². The molecule has 234 valence electrons. The third-order valence-corrected chi connectivity index (χ3v) is 8.42. The van der Waals surface area contributed by atoms with Gasteiger partial charge in [-0.25, -0.2) is 4.98 Å². The number of aromatic nitrogens is 2. The molecule has 44 heavy (non-hydrogen) atoms. The van der Waals surface area contributed by atoms with Crippen LogP contribution < -0.4 is 20.1 Å². The predicted molar refractivity (Wildman–Crippen MR) is 155 cm³/mol. The number of nitrogen functional groups attached to an aromatic ring is 1. The highest BCUT2D eigenvalue weighted by atomic mass is 19.4. The molecular weight excluding hydrogens is 579 g/mol. The zero-order valence-electron chi connectivity index (χ0n) is 24.1. The van der Waals surface area contributed by atoms with Crippen LogP contribution in [-0.2, 0) is 29.0 Å². The summed E-state index contributed by atoms with van der Waals surface area (Å²) in [7, 11) is 0. The van der Waals surface area contributed by atoms with Crippen molar-refractivity contribution >= 4 is 17.7 Å². The van der Waals surface area contributed by atoms with Crippen LogP contribution in [0.15, 0.2) is 42.5 Å². The number of carbonyl (C=O) groups is 1. The Morgan fingerprint density at radius 1 is 1.00 bits per heavy atom. The van der Waals surface area contributed by atoms with E-state index in [0.717, 1.165) is 73.8 Å². The Balaban J connectivity index is 1.05. The Bertz CT molecular complexity index is 1490. The summed E-state index contributed by atoms with van der Waals surface area (Å²) < 4.78 is 52.9. The molecule has 2 aliphatic carbocycles. The summed E-state index contributed by atoms with van der Waals surface area (Å²) in [5, 5.41) is 9.02. The van der Waals surface area contributed by atoms with Gasteiger partial charge in [-0.15, -0.1) is 13.2 Å². The molecule has 6 rings (SSSR count). The first kappa shape index (κ1) is 29.9. The SMILES string of the molecule is Nc1nc2c(c(N3CCN(CCO[C@H]4C[C@@H](C(=O)O)C4)CC3)n1)CCc1cc(OCc3ccc(OC(F)(F)F)cc3)ccc1-2. The number of halogens is 3. The quantitative estimate of drug-likeness (QED) is 0.342. The highest BCUT2D eigenvalue weighted by Gasteiger charge is 2.35. The molecule has 0 unspecified atom stereocenters. The van der Waals surface area contributed by atoms with Gasteiger partial charge in [0.25, 0.3) is 0 Å². The lowest BCUT2D eigenvalue weighted by molar-refractivity contribution is -0.274. The number of anilines is 2. The van der Waals surface area contributed by atoms with Crippen molar-refractivity contribution in [1.82, 2.24) is 14.9 Å². The largest absolute Gasteiger partial charge is 0.573 e. The maximum Gasteiger partial charge on any atom is 0.573 e. The molecular formula is C31H34F3N5O5. The fourth-order valence-corrected chi connectivity index (χ4v) is 5.95. The van der Waals surface area contributed by atoms with Gasteiger partial charge in [-0.1, -0.05) is 12.1 Å². The van der Waals surface area contributed by atoms with Crippen LogP contribution in [0.25, 0.3) is 11.3 Å². The van der Waals surface area contributed by atoms with E-state index in [0.29, 0.717) is 30.8 Å². The third-order valence-electron chi connectivity index (χ3n) is 8.42. The van der Waals surface area contributed by atoms with E-state index in [-0.39, 0.29) is 30.3 Å². The molecule has 10 nitrogen and oxygen atoms in total. The summed E-state index contributed by atoms with van der Waals surface area (Å²) in [5.74, 6) is 0.483. The Labute approximate surface area is 252 Å². The highest BCUT2D eigenvalue weighted by Crippen LogP contribution is 2.39. The van der Waals surface area contributed by atoms with Crippen LogP contribution in [0.4, 0.5) is 24.9 Å². The van der Waals surface area contributed by atoms with Crippen molar-refractivity contribution in [2.75, 3.05) is 50.0 Å². The van der Waals surface area contributed by atoms with E-state index in [1.54, 1.807) is 0 Å². The van der Waals surface area contributed by atoms with Gasteiger partial charge in [0.05, 0.1) is 24.3 Å². The average molecular weight is 614 g/mol. The summed E-state index contributed by atoms with van der Waals surface area (Å²) >= 11 is 0. The second kappa shape index (κ2) is 12.5. The number of aryl methyl sites for hydroxylation is 1. The van der Waals surface area contributed by atoms with E-state index >= 15 is 0 Å². The first-order chi connectivity index (χ1) is 21.1. The summed E-state index contributed by atoms with van der Waals surface area (Å²) in [6.45, 7) is 4.93. The predicted octanol–water partition coefficient (Wildman–Crippen LogP) is 4.30. The number of aliphatic carboxylic acids is 1. The van der Waals surface area contributed by atoms with Crippen molar-refractivity contribution in [3.05, 3.63) is 59.2 Å². The van der Waals surface area contributed by atoms with Crippen molar-refractivity contribution < 1.29 is 37.3 Å². The number of nitrogens with two attached hydrogens (primary N) is 1. The minimum atomic E-state index is -4.73. The molecule has 3 N–H and O–H groups in total. The Hall–Kier alpha value is -4.10. The molecule has 0 amide bonds. The smallest absolute Gasteiger partial charge is 0.489 e. The number of hydrogen-bond acceptors (Lipinski definition) is 9. The van der Waals surface area contributed by atoms with Crippen LogP contribution >= 0.6 is 0 Å². The summed E-state index contributed by atoms with van der Waals surface area (Å²) in [6.07, 6.45) is -1.93.